The number of ether oxygens (including phenoxy) is 1. The summed E-state index contributed by atoms with van der Waals surface area (Å²) in [4.78, 5) is 17.1. The van der Waals surface area contributed by atoms with Crippen LogP contribution in [0.15, 0.2) is 85.5 Å². The minimum Gasteiger partial charge on any atom is -0.457 e. The molecule has 4 aromatic rings. The van der Waals surface area contributed by atoms with Crippen molar-refractivity contribution >= 4 is 5.91 Å². The minimum absolute atomic E-state index is 0.0371. The average Bonchev–Trinajstić information content (AvgIpc) is 3.30. The molecular weight excluding hydrogens is 376 g/mol. The molecule has 1 aromatic heterocycles. The quantitative estimate of drug-likeness (QED) is 0.556. The van der Waals surface area contributed by atoms with Crippen molar-refractivity contribution in [2.45, 2.75) is 19.0 Å². The van der Waals surface area contributed by atoms with E-state index in [1.807, 2.05) is 72.8 Å². The van der Waals surface area contributed by atoms with E-state index >= 15 is 0 Å². The fourth-order valence-corrected chi connectivity index (χ4v) is 3.75. The maximum Gasteiger partial charge on any atom is 0.232 e. The Bertz CT molecular complexity index is 1120. The predicted molar refractivity (Wildman–Crippen MR) is 112 cm³/mol. The van der Waals surface area contributed by atoms with E-state index in [1.54, 1.807) is 11.0 Å². The Hall–Kier alpha value is -3.93. The van der Waals surface area contributed by atoms with Crippen LogP contribution in [-0.4, -0.2) is 20.7 Å². The monoisotopic (exact) mass is 396 g/mol. The van der Waals surface area contributed by atoms with Gasteiger partial charge in [0.25, 0.3) is 0 Å². The van der Waals surface area contributed by atoms with Crippen LogP contribution in [0.4, 0.5) is 0 Å². The standard InChI is InChI=1S/C24H20N4O2/c29-24(26-13-17-9-11-18(12-10-17)14-28-16-25-15-27-28)23-19-5-1-3-7-21(19)30-22-8-4-2-6-20(22)23/h1-12,15-16,23H,13-14H2,(H,26,29). The zero-order valence-corrected chi connectivity index (χ0v) is 16.2. The van der Waals surface area contributed by atoms with E-state index in [9.17, 15) is 4.79 Å². The second-order valence-electron chi connectivity index (χ2n) is 7.24. The van der Waals surface area contributed by atoms with Crippen LogP contribution in [0.25, 0.3) is 0 Å². The highest BCUT2D eigenvalue weighted by molar-refractivity contribution is 5.89. The lowest BCUT2D eigenvalue weighted by molar-refractivity contribution is -0.122. The number of fused-ring (bicyclic) bond motifs is 2. The molecule has 0 aliphatic carbocycles. The lowest BCUT2D eigenvalue weighted by Crippen LogP contribution is -2.31. The van der Waals surface area contributed by atoms with Gasteiger partial charge in [-0.3, -0.25) is 4.79 Å². The molecule has 0 radical (unpaired) electrons. The molecule has 0 atom stereocenters. The Morgan fingerprint density at radius 1 is 0.900 bits per heavy atom. The summed E-state index contributed by atoms with van der Waals surface area (Å²) in [5, 5.41) is 7.21. The van der Waals surface area contributed by atoms with Gasteiger partial charge in [-0.2, -0.15) is 5.10 Å². The van der Waals surface area contributed by atoms with Crippen LogP contribution in [0, 0.1) is 0 Å². The van der Waals surface area contributed by atoms with Crippen LogP contribution >= 0.6 is 0 Å². The zero-order chi connectivity index (χ0) is 20.3. The van der Waals surface area contributed by atoms with Gasteiger partial charge in [-0.25, -0.2) is 9.67 Å². The molecule has 1 aliphatic rings. The molecule has 0 saturated carbocycles. The molecule has 2 heterocycles. The molecule has 1 amide bonds. The first-order chi connectivity index (χ1) is 14.8. The van der Waals surface area contributed by atoms with E-state index in [0.29, 0.717) is 13.1 Å². The smallest absolute Gasteiger partial charge is 0.232 e. The second-order valence-corrected chi connectivity index (χ2v) is 7.24. The first kappa shape index (κ1) is 18.1. The van der Waals surface area contributed by atoms with Crippen molar-refractivity contribution in [3.63, 3.8) is 0 Å². The van der Waals surface area contributed by atoms with Gasteiger partial charge < -0.3 is 10.1 Å². The van der Waals surface area contributed by atoms with Gasteiger partial charge in [0, 0.05) is 17.7 Å². The third kappa shape index (κ3) is 3.55. The molecule has 1 N–H and O–H groups in total. The van der Waals surface area contributed by atoms with Gasteiger partial charge in [-0.1, -0.05) is 60.7 Å². The highest BCUT2D eigenvalue weighted by Gasteiger charge is 2.32. The van der Waals surface area contributed by atoms with Gasteiger partial charge in [0.05, 0.1) is 12.5 Å². The summed E-state index contributed by atoms with van der Waals surface area (Å²) in [6.45, 7) is 1.13. The molecule has 0 fully saturated rings. The van der Waals surface area contributed by atoms with E-state index < -0.39 is 5.92 Å². The van der Waals surface area contributed by atoms with Crippen molar-refractivity contribution in [3.8, 4) is 11.5 Å². The molecule has 0 bridgehead atoms. The molecule has 30 heavy (non-hydrogen) atoms. The summed E-state index contributed by atoms with van der Waals surface area (Å²) in [6, 6.07) is 23.6. The van der Waals surface area contributed by atoms with E-state index in [0.717, 1.165) is 33.8 Å². The molecule has 0 saturated heterocycles. The van der Waals surface area contributed by atoms with Crippen LogP contribution < -0.4 is 10.1 Å². The first-order valence-electron chi connectivity index (χ1n) is 9.81. The molecule has 0 spiro atoms. The van der Waals surface area contributed by atoms with Gasteiger partial charge in [0.1, 0.15) is 24.2 Å². The maximum absolute atomic E-state index is 13.2. The summed E-state index contributed by atoms with van der Waals surface area (Å²) < 4.78 is 7.76. The van der Waals surface area contributed by atoms with Crippen molar-refractivity contribution in [2.75, 3.05) is 0 Å². The first-order valence-corrected chi connectivity index (χ1v) is 9.81. The summed E-state index contributed by atoms with van der Waals surface area (Å²) >= 11 is 0. The zero-order valence-electron chi connectivity index (χ0n) is 16.2. The molecule has 6 heteroatoms. The summed E-state index contributed by atoms with van der Waals surface area (Å²) in [5.41, 5.74) is 3.94. The number of carbonyl (C=O) groups is 1. The molecule has 148 valence electrons. The Balaban J connectivity index is 1.31. The summed E-state index contributed by atoms with van der Waals surface area (Å²) in [6.07, 6.45) is 3.22. The Kier molecular flexibility index (Phi) is 4.73. The van der Waals surface area contributed by atoms with Crippen LogP contribution in [-0.2, 0) is 17.9 Å². The van der Waals surface area contributed by atoms with Crippen LogP contribution in [0.1, 0.15) is 28.2 Å². The van der Waals surface area contributed by atoms with E-state index in [-0.39, 0.29) is 5.91 Å². The van der Waals surface area contributed by atoms with E-state index in [2.05, 4.69) is 15.4 Å². The average molecular weight is 396 g/mol. The number of aromatic nitrogens is 3. The van der Waals surface area contributed by atoms with Crippen LogP contribution in [0.3, 0.4) is 0 Å². The van der Waals surface area contributed by atoms with Crippen molar-refractivity contribution < 1.29 is 9.53 Å². The minimum atomic E-state index is -0.391. The maximum atomic E-state index is 13.2. The SMILES string of the molecule is O=C(NCc1ccc(Cn2cncn2)cc1)C1c2ccccc2Oc2ccccc21. The summed E-state index contributed by atoms with van der Waals surface area (Å²) in [5.74, 6) is 1.03. The Morgan fingerprint density at radius 2 is 1.53 bits per heavy atom. The number of nitrogens with one attached hydrogen (secondary N) is 1. The highest BCUT2D eigenvalue weighted by Crippen LogP contribution is 2.43. The Labute approximate surface area is 174 Å². The fraction of sp³-hybridized carbons (Fsp3) is 0.125. The number of benzene rings is 3. The van der Waals surface area contributed by atoms with E-state index in [4.69, 9.17) is 4.74 Å². The van der Waals surface area contributed by atoms with Gasteiger partial charge in [-0.05, 0) is 23.3 Å². The van der Waals surface area contributed by atoms with Gasteiger partial charge in [0.15, 0.2) is 0 Å². The number of para-hydroxylation sites is 2. The molecule has 5 rings (SSSR count). The molecule has 0 unspecified atom stereocenters. The number of nitrogens with zero attached hydrogens (tertiary/aromatic N) is 3. The van der Waals surface area contributed by atoms with Crippen molar-refractivity contribution in [1.29, 1.82) is 0 Å². The lowest BCUT2D eigenvalue weighted by Gasteiger charge is -2.27. The highest BCUT2D eigenvalue weighted by atomic mass is 16.5. The predicted octanol–water partition coefficient (Wildman–Crippen LogP) is 3.88. The number of hydrogen-bond donors (Lipinski definition) is 1. The van der Waals surface area contributed by atoms with Crippen molar-refractivity contribution in [1.82, 2.24) is 20.1 Å². The normalized spacial score (nSPS) is 12.5. The van der Waals surface area contributed by atoms with Crippen LogP contribution in [0.5, 0.6) is 11.5 Å². The second kappa shape index (κ2) is 7.83. The number of amides is 1. The van der Waals surface area contributed by atoms with Crippen LogP contribution in [0.2, 0.25) is 0 Å². The number of rotatable bonds is 5. The van der Waals surface area contributed by atoms with Gasteiger partial charge in [-0.15, -0.1) is 0 Å². The molecule has 1 aliphatic heterocycles. The fourth-order valence-electron chi connectivity index (χ4n) is 3.75. The molecule has 6 nitrogen and oxygen atoms in total. The van der Waals surface area contributed by atoms with Gasteiger partial charge in [0.2, 0.25) is 5.91 Å². The Morgan fingerprint density at radius 3 is 2.17 bits per heavy atom. The van der Waals surface area contributed by atoms with E-state index in [1.165, 1.54) is 6.33 Å². The third-order valence-electron chi connectivity index (χ3n) is 5.24. The van der Waals surface area contributed by atoms with Gasteiger partial charge >= 0.3 is 0 Å². The topological polar surface area (TPSA) is 69.0 Å². The van der Waals surface area contributed by atoms with Crippen molar-refractivity contribution in [2.24, 2.45) is 0 Å². The molecule has 3 aromatic carbocycles. The largest absolute Gasteiger partial charge is 0.457 e. The number of hydrogen-bond acceptors (Lipinski definition) is 4. The van der Waals surface area contributed by atoms with Crippen molar-refractivity contribution in [3.05, 3.63) is 108 Å². The summed E-state index contributed by atoms with van der Waals surface area (Å²) in [7, 11) is 0. The lowest BCUT2D eigenvalue weighted by atomic mass is 9.87. The third-order valence-corrected chi connectivity index (χ3v) is 5.24. The molecular formula is C24H20N4O2. The number of carbonyl (C=O) groups excluding carboxylic acids is 1.